The highest BCUT2D eigenvalue weighted by Gasteiger charge is 2.19. The molecule has 1 amide bonds. The first-order chi connectivity index (χ1) is 13.6. The van der Waals surface area contributed by atoms with Crippen molar-refractivity contribution >= 4 is 22.4 Å². The van der Waals surface area contributed by atoms with Crippen LogP contribution in [0.5, 0.6) is 5.75 Å². The second-order valence-electron chi connectivity index (χ2n) is 6.15. The number of carbonyl (C=O) groups excluding carboxylic acids is 1. The van der Waals surface area contributed by atoms with Gasteiger partial charge >= 0.3 is 0 Å². The van der Waals surface area contributed by atoms with Crippen LogP contribution in [0.1, 0.15) is 16.1 Å². The van der Waals surface area contributed by atoms with E-state index in [1.54, 1.807) is 18.0 Å². The van der Waals surface area contributed by atoms with Gasteiger partial charge in [0.15, 0.2) is 5.13 Å². The number of thiazole rings is 1. The van der Waals surface area contributed by atoms with Crippen LogP contribution in [0.3, 0.4) is 0 Å². The number of aryl methyl sites for hydroxylation is 1. The molecule has 1 N–H and O–H groups in total. The number of carbonyl (C=O) groups is 1. The Morgan fingerprint density at radius 3 is 2.50 bits per heavy atom. The Labute approximate surface area is 166 Å². The molecular weight excluding hydrogens is 372 g/mol. The minimum atomic E-state index is -0.248. The number of nitrogens with one attached hydrogen (secondary N) is 1. The van der Waals surface area contributed by atoms with Crippen molar-refractivity contribution in [1.82, 2.24) is 14.8 Å². The van der Waals surface area contributed by atoms with Gasteiger partial charge in [0, 0.05) is 17.1 Å². The van der Waals surface area contributed by atoms with Crippen LogP contribution in [-0.4, -0.2) is 27.8 Å². The van der Waals surface area contributed by atoms with Crippen LogP contribution < -0.4 is 10.1 Å². The fourth-order valence-corrected chi connectivity index (χ4v) is 3.47. The molecule has 28 heavy (non-hydrogen) atoms. The zero-order chi connectivity index (χ0) is 19.5. The topological polar surface area (TPSA) is 69.0 Å². The molecule has 140 valence electrons. The molecular formula is C21H18N4O2S. The van der Waals surface area contributed by atoms with E-state index in [4.69, 9.17) is 4.74 Å². The van der Waals surface area contributed by atoms with Crippen molar-refractivity contribution in [3.05, 3.63) is 77.4 Å². The van der Waals surface area contributed by atoms with E-state index in [0.29, 0.717) is 16.4 Å². The summed E-state index contributed by atoms with van der Waals surface area (Å²) >= 11 is 1.40. The van der Waals surface area contributed by atoms with Crippen LogP contribution in [0.2, 0.25) is 0 Å². The molecule has 0 fully saturated rings. The van der Waals surface area contributed by atoms with Gasteiger partial charge in [0.05, 0.1) is 24.1 Å². The van der Waals surface area contributed by atoms with Crippen molar-refractivity contribution < 1.29 is 9.53 Å². The van der Waals surface area contributed by atoms with Gasteiger partial charge in [0.1, 0.15) is 11.4 Å². The van der Waals surface area contributed by atoms with Crippen molar-refractivity contribution in [2.75, 3.05) is 12.4 Å². The fraction of sp³-hybridized carbons (Fsp3) is 0.0952. The number of rotatable bonds is 5. The fourth-order valence-electron chi connectivity index (χ4n) is 2.79. The molecule has 0 unspecified atom stereocenters. The number of nitrogens with zero attached hydrogens (tertiary/aromatic N) is 3. The molecule has 0 radical (unpaired) electrons. The second-order valence-corrected chi connectivity index (χ2v) is 7.01. The highest BCUT2D eigenvalue weighted by molar-refractivity contribution is 7.13. The third-order valence-electron chi connectivity index (χ3n) is 4.18. The predicted molar refractivity (Wildman–Crippen MR) is 110 cm³/mol. The van der Waals surface area contributed by atoms with Gasteiger partial charge in [-0.2, -0.15) is 5.10 Å². The molecule has 4 rings (SSSR count). The van der Waals surface area contributed by atoms with Crippen LogP contribution in [0.25, 0.3) is 16.9 Å². The van der Waals surface area contributed by atoms with Gasteiger partial charge in [-0.1, -0.05) is 18.2 Å². The van der Waals surface area contributed by atoms with Crippen LogP contribution in [0.4, 0.5) is 5.13 Å². The summed E-state index contributed by atoms with van der Waals surface area (Å²) in [6.45, 7) is 1.89. The van der Waals surface area contributed by atoms with E-state index < -0.39 is 0 Å². The summed E-state index contributed by atoms with van der Waals surface area (Å²) in [7, 11) is 1.62. The van der Waals surface area contributed by atoms with Gasteiger partial charge in [0.2, 0.25) is 0 Å². The number of para-hydroxylation sites is 1. The summed E-state index contributed by atoms with van der Waals surface area (Å²) in [6, 6.07) is 17.2. The van der Waals surface area contributed by atoms with Gasteiger partial charge in [-0.15, -0.1) is 11.3 Å². The summed E-state index contributed by atoms with van der Waals surface area (Å²) in [5, 5.41) is 10.0. The number of amides is 1. The van der Waals surface area contributed by atoms with E-state index in [0.717, 1.165) is 22.7 Å². The average molecular weight is 390 g/mol. The molecule has 4 aromatic rings. The van der Waals surface area contributed by atoms with E-state index in [1.165, 1.54) is 11.3 Å². The number of benzene rings is 2. The smallest absolute Gasteiger partial charge is 0.261 e. The molecule has 7 heteroatoms. The van der Waals surface area contributed by atoms with Crippen molar-refractivity contribution in [1.29, 1.82) is 0 Å². The van der Waals surface area contributed by atoms with Crippen LogP contribution in [0, 0.1) is 6.92 Å². The van der Waals surface area contributed by atoms with Gasteiger partial charge in [-0.25, -0.2) is 9.67 Å². The van der Waals surface area contributed by atoms with Crippen molar-refractivity contribution in [3.8, 4) is 22.7 Å². The Bertz CT molecular complexity index is 1100. The Kier molecular flexibility index (Phi) is 4.90. The number of aromatic nitrogens is 3. The highest BCUT2D eigenvalue weighted by Crippen LogP contribution is 2.27. The first-order valence-corrected chi connectivity index (χ1v) is 9.55. The molecule has 2 heterocycles. The number of hydrogen-bond acceptors (Lipinski definition) is 5. The minimum absolute atomic E-state index is 0.248. The lowest BCUT2D eigenvalue weighted by Crippen LogP contribution is -2.12. The largest absolute Gasteiger partial charge is 0.497 e. The van der Waals surface area contributed by atoms with Crippen LogP contribution in [-0.2, 0) is 0 Å². The quantitative estimate of drug-likeness (QED) is 0.542. The van der Waals surface area contributed by atoms with Gasteiger partial charge in [-0.3, -0.25) is 10.1 Å². The maximum atomic E-state index is 13.0. The SMILES string of the molecule is COc1ccc(-c2nn(-c3ccccc3)cc2C(=O)Nc2nc(C)cs2)cc1. The molecule has 0 aliphatic rings. The van der Waals surface area contributed by atoms with Crippen molar-refractivity contribution in [3.63, 3.8) is 0 Å². The van der Waals surface area contributed by atoms with Crippen LogP contribution in [0.15, 0.2) is 66.2 Å². The maximum absolute atomic E-state index is 13.0. The molecule has 0 saturated heterocycles. The van der Waals surface area contributed by atoms with E-state index in [2.05, 4.69) is 15.4 Å². The lowest BCUT2D eigenvalue weighted by molar-refractivity contribution is 0.102. The van der Waals surface area contributed by atoms with E-state index in [-0.39, 0.29) is 5.91 Å². The average Bonchev–Trinajstić information content (AvgIpc) is 3.35. The molecule has 0 spiro atoms. The minimum Gasteiger partial charge on any atom is -0.497 e. The van der Waals surface area contributed by atoms with Gasteiger partial charge in [0.25, 0.3) is 5.91 Å². The number of ether oxygens (including phenoxy) is 1. The molecule has 0 bridgehead atoms. The zero-order valence-corrected chi connectivity index (χ0v) is 16.2. The van der Waals surface area contributed by atoms with Gasteiger partial charge in [-0.05, 0) is 43.3 Å². The van der Waals surface area contributed by atoms with Crippen molar-refractivity contribution in [2.24, 2.45) is 0 Å². The van der Waals surface area contributed by atoms with Gasteiger partial charge < -0.3 is 4.74 Å². The molecule has 2 aromatic heterocycles. The summed E-state index contributed by atoms with van der Waals surface area (Å²) in [4.78, 5) is 17.3. The number of hydrogen-bond donors (Lipinski definition) is 1. The van der Waals surface area contributed by atoms with Crippen molar-refractivity contribution in [2.45, 2.75) is 6.92 Å². The second kappa shape index (κ2) is 7.66. The summed E-state index contributed by atoms with van der Waals surface area (Å²) in [6.07, 6.45) is 1.74. The highest BCUT2D eigenvalue weighted by atomic mass is 32.1. The Morgan fingerprint density at radius 1 is 1.11 bits per heavy atom. The molecule has 2 aromatic carbocycles. The monoisotopic (exact) mass is 390 g/mol. The molecule has 0 aliphatic heterocycles. The third kappa shape index (κ3) is 3.65. The Hall–Kier alpha value is -3.45. The first-order valence-electron chi connectivity index (χ1n) is 8.67. The summed E-state index contributed by atoms with van der Waals surface area (Å²) in [5.74, 6) is 0.498. The zero-order valence-electron chi connectivity index (χ0n) is 15.4. The lowest BCUT2D eigenvalue weighted by atomic mass is 10.1. The molecule has 6 nitrogen and oxygen atoms in total. The Morgan fingerprint density at radius 2 is 1.86 bits per heavy atom. The van der Waals surface area contributed by atoms with E-state index in [9.17, 15) is 4.79 Å². The Balaban J connectivity index is 1.75. The van der Waals surface area contributed by atoms with E-state index in [1.807, 2.05) is 66.9 Å². The summed E-state index contributed by atoms with van der Waals surface area (Å²) < 4.78 is 6.94. The lowest BCUT2D eigenvalue weighted by Gasteiger charge is -2.04. The molecule has 0 aliphatic carbocycles. The number of methoxy groups -OCH3 is 1. The molecule has 0 atom stereocenters. The summed E-state index contributed by atoms with van der Waals surface area (Å²) in [5.41, 5.74) is 3.65. The standard InChI is InChI=1S/C21H18N4O2S/c1-14-13-28-21(22-14)23-20(26)18-12-25(16-6-4-3-5-7-16)24-19(18)15-8-10-17(27-2)11-9-15/h3-13H,1-2H3,(H,22,23,26). The normalized spacial score (nSPS) is 10.6. The van der Waals surface area contributed by atoms with E-state index >= 15 is 0 Å². The maximum Gasteiger partial charge on any atom is 0.261 e. The predicted octanol–water partition coefficient (Wildman–Crippen LogP) is 4.57. The number of anilines is 1. The first kappa shape index (κ1) is 17.9. The van der Waals surface area contributed by atoms with Crippen LogP contribution >= 0.6 is 11.3 Å². The molecule has 0 saturated carbocycles. The third-order valence-corrected chi connectivity index (χ3v) is 5.06.